The van der Waals surface area contributed by atoms with E-state index in [0.29, 0.717) is 11.3 Å². The van der Waals surface area contributed by atoms with Gasteiger partial charge in [-0.2, -0.15) is 0 Å². The molecule has 0 aliphatic carbocycles. The van der Waals surface area contributed by atoms with Crippen LogP contribution in [0.1, 0.15) is 11.1 Å². The summed E-state index contributed by atoms with van der Waals surface area (Å²) in [5.74, 6) is -0.221. The molecule has 1 N–H and O–H groups in total. The van der Waals surface area contributed by atoms with Crippen molar-refractivity contribution in [1.82, 2.24) is 9.29 Å². The van der Waals surface area contributed by atoms with Gasteiger partial charge in [0.1, 0.15) is 5.75 Å². The lowest BCUT2D eigenvalue weighted by atomic mass is 10.2. The predicted octanol–water partition coefficient (Wildman–Crippen LogP) is 2.68. The van der Waals surface area contributed by atoms with Crippen LogP contribution in [-0.2, 0) is 21.9 Å². The molecule has 2 aromatic carbocycles. The van der Waals surface area contributed by atoms with Crippen LogP contribution in [0.3, 0.4) is 0 Å². The summed E-state index contributed by atoms with van der Waals surface area (Å²) in [7, 11) is -1.99. The number of carbonyl (C=O) groups is 1. The highest BCUT2D eigenvalue weighted by atomic mass is 32.2. The molecule has 0 aliphatic rings. The Hall–Kier alpha value is -2.80. The van der Waals surface area contributed by atoms with E-state index in [-0.39, 0.29) is 11.5 Å². The van der Waals surface area contributed by atoms with Gasteiger partial charge < -0.3 is 9.30 Å². The van der Waals surface area contributed by atoms with E-state index in [1.54, 1.807) is 31.2 Å². The molecule has 1 heterocycles. The Morgan fingerprint density at radius 1 is 1.12 bits per heavy atom. The van der Waals surface area contributed by atoms with Crippen LogP contribution < -0.4 is 9.46 Å². The van der Waals surface area contributed by atoms with Crippen LogP contribution in [0.4, 0.5) is 0 Å². The molecule has 1 amide bonds. The van der Waals surface area contributed by atoms with Crippen molar-refractivity contribution in [2.75, 3.05) is 6.61 Å². The number of carbonyl (C=O) groups excluding carboxylic acids is 1. The smallest absolute Gasteiger partial charge is 0.271 e. The number of nitrogens with one attached hydrogen (secondary N) is 1. The van der Waals surface area contributed by atoms with Gasteiger partial charge in [0.2, 0.25) is 0 Å². The Morgan fingerprint density at radius 3 is 2.62 bits per heavy atom. The number of benzene rings is 2. The number of aromatic nitrogens is 1. The summed E-state index contributed by atoms with van der Waals surface area (Å²) < 4.78 is 34.2. The molecule has 0 saturated heterocycles. The Bertz CT molecular complexity index is 1080. The number of ether oxygens (including phenoxy) is 1. The van der Waals surface area contributed by atoms with Crippen molar-refractivity contribution in [3.05, 3.63) is 59.8 Å². The van der Waals surface area contributed by atoms with Crippen molar-refractivity contribution >= 4 is 26.8 Å². The second kappa shape index (κ2) is 6.84. The van der Waals surface area contributed by atoms with Crippen molar-refractivity contribution in [3.8, 4) is 5.75 Å². The maximum atomic E-state index is 12.4. The van der Waals surface area contributed by atoms with E-state index in [1.165, 1.54) is 6.07 Å². The van der Waals surface area contributed by atoms with E-state index in [1.807, 2.05) is 41.6 Å². The molecule has 0 unspecified atom stereocenters. The molecule has 0 aliphatic heterocycles. The Kier molecular flexibility index (Phi) is 4.73. The third-order valence-electron chi connectivity index (χ3n) is 4.09. The zero-order valence-electron chi connectivity index (χ0n) is 14.8. The number of aryl methyl sites for hydroxylation is 3. The van der Waals surface area contributed by atoms with Gasteiger partial charge in [-0.1, -0.05) is 17.7 Å². The van der Waals surface area contributed by atoms with Gasteiger partial charge in [0.05, 0.1) is 4.90 Å². The maximum Gasteiger partial charge on any atom is 0.271 e. The standard InChI is InChI=1S/C19H20N2O4S/c1-13-4-7-18(14(2)10-13)26(23,24)20-19(22)12-25-16-5-6-17-15(11-16)8-9-21(17)3/h4-11H,12H2,1-3H3,(H,20,22). The number of sulfonamides is 1. The fourth-order valence-corrected chi connectivity index (χ4v) is 4.03. The molecule has 0 fully saturated rings. The molecular formula is C19H20N2O4S. The highest BCUT2D eigenvalue weighted by molar-refractivity contribution is 7.90. The third-order valence-corrected chi connectivity index (χ3v) is 5.63. The molecule has 0 saturated carbocycles. The summed E-state index contributed by atoms with van der Waals surface area (Å²) >= 11 is 0. The summed E-state index contributed by atoms with van der Waals surface area (Å²) in [5.41, 5.74) is 2.58. The molecule has 1 aromatic heterocycles. The monoisotopic (exact) mass is 372 g/mol. The summed E-state index contributed by atoms with van der Waals surface area (Å²) in [6.07, 6.45) is 1.93. The summed E-state index contributed by atoms with van der Waals surface area (Å²) in [4.78, 5) is 12.1. The number of hydrogen-bond donors (Lipinski definition) is 1. The second-order valence-electron chi connectivity index (χ2n) is 6.23. The Morgan fingerprint density at radius 2 is 1.88 bits per heavy atom. The lowest BCUT2D eigenvalue weighted by Crippen LogP contribution is -2.34. The maximum absolute atomic E-state index is 12.4. The Balaban J connectivity index is 1.67. The van der Waals surface area contributed by atoms with E-state index in [0.717, 1.165) is 16.5 Å². The third kappa shape index (κ3) is 3.72. The first-order chi connectivity index (χ1) is 12.3. The van der Waals surface area contributed by atoms with Crippen LogP contribution in [-0.4, -0.2) is 25.5 Å². The van der Waals surface area contributed by atoms with E-state index in [4.69, 9.17) is 4.74 Å². The Labute approximate surface area is 152 Å². The lowest BCUT2D eigenvalue weighted by molar-refractivity contribution is -0.121. The van der Waals surface area contributed by atoms with Crippen molar-refractivity contribution in [2.24, 2.45) is 7.05 Å². The number of nitrogens with zero attached hydrogens (tertiary/aromatic N) is 1. The average Bonchev–Trinajstić information content (AvgIpc) is 2.93. The predicted molar refractivity (Wildman–Crippen MR) is 99.7 cm³/mol. The molecule has 7 heteroatoms. The first-order valence-corrected chi connectivity index (χ1v) is 9.55. The zero-order valence-corrected chi connectivity index (χ0v) is 15.6. The van der Waals surface area contributed by atoms with Crippen LogP contribution in [0.25, 0.3) is 10.9 Å². The van der Waals surface area contributed by atoms with Gasteiger partial charge in [-0.05, 0) is 49.7 Å². The van der Waals surface area contributed by atoms with Crippen LogP contribution in [0, 0.1) is 13.8 Å². The summed E-state index contributed by atoms with van der Waals surface area (Å²) in [5, 5.41) is 0.980. The van der Waals surface area contributed by atoms with Gasteiger partial charge in [-0.15, -0.1) is 0 Å². The molecule has 0 atom stereocenters. The van der Waals surface area contributed by atoms with Crippen molar-refractivity contribution < 1.29 is 17.9 Å². The molecule has 0 bridgehead atoms. The van der Waals surface area contributed by atoms with E-state index >= 15 is 0 Å². The van der Waals surface area contributed by atoms with Gasteiger partial charge in [-0.3, -0.25) is 4.79 Å². The number of fused-ring (bicyclic) bond motifs is 1. The largest absolute Gasteiger partial charge is 0.484 e. The van der Waals surface area contributed by atoms with Gasteiger partial charge in [0.25, 0.3) is 15.9 Å². The quantitative estimate of drug-likeness (QED) is 0.747. The minimum absolute atomic E-state index is 0.0853. The normalized spacial score (nSPS) is 11.5. The number of rotatable bonds is 5. The van der Waals surface area contributed by atoms with E-state index < -0.39 is 15.9 Å². The first-order valence-electron chi connectivity index (χ1n) is 8.07. The lowest BCUT2D eigenvalue weighted by Gasteiger charge is -2.11. The molecule has 136 valence electrons. The number of hydrogen-bond acceptors (Lipinski definition) is 4. The van der Waals surface area contributed by atoms with Crippen LogP contribution >= 0.6 is 0 Å². The fraction of sp³-hybridized carbons (Fsp3) is 0.211. The highest BCUT2D eigenvalue weighted by Gasteiger charge is 2.20. The SMILES string of the molecule is Cc1ccc(S(=O)(=O)NC(=O)COc2ccc3c(ccn3C)c2)c(C)c1. The van der Waals surface area contributed by atoms with Crippen molar-refractivity contribution in [1.29, 1.82) is 0 Å². The van der Waals surface area contributed by atoms with Crippen LogP contribution in [0.5, 0.6) is 5.75 Å². The molecule has 3 aromatic rings. The van der Waals surface area contributed by atoms with E-state index in [9.17, 15) is 13.2 Å². The fourth-order valence-electron chi connectivity index (χ4n) is 2.83. The molecular weight excluding hydrogens is 352 g/mol. The van der Waals surface area contributed by atoms with Crippen molar-refractivity contribution in [3.63, 3.8) is 0 Å². The molecule has 3 rings (SSSR count). The van der Waals surface area contributed by atoms with Gasteiger partial charge in [0, 0.05) is 24.1 Å². The summed E-state index contributed by atoms with van der Waals surface area (Å²) in [6, 6.07) is 12.3. The van der Waals surface area contributed by atoms with Crippen LogP contribution in [0.15, 0.2) is 53.6 Å². The molecule has 0 spiro atoms. The minimum atomic E-state index is -3.93. The van der Waals surface area contributed by atoms with Gasteiger partial charge in [-0.25, -0.2) is 13.1 Å². The topological polar surface area (TPSA) is 77.4 Å². The van der Waals surface area contributed by atoms with Gasteiger partial charge in [0.15, 0.2) is 6.61 Å². The van der Waals surface area contributed by atoms with Crippen LogP contribution in [0.2, 0.25) is 0 Å². The summed E-state index contributed by atoms with van der Waals surface area (Å²) in [6.45, 7) is 3.18. The average molecular weight is 372 g/mol. The zero-order chi connectivity index (χ0) is 18.9. The molecule has 26 heavy (non-hydrogen) atoms. The minimum Gasteiger partial charge on any atom is -0.484 e. The van der Waals surface area contributed by atoms with Crippen molar-refractivity contribution in [2.45, 2.75) is 18.7 Å². The number of amides is 1. The second-order valence-corrected chi connectivity index (χ2v) is 7.88. The first kappa shape index (κ1) is 18.0. The molecule has 6 nitrogen and oxygen atoms in total. The molecule has 0 radical (unpaired) electrons. The highest BCUT2D eigenvalue weighted by Crippen LogP contribution is 2.21. The van der Waals surface area contributed by atoms with Gasteiger partial charge >= 0.3 is 0 Å². The van der Waals surface area contributed by atoms with E-state index in [2.05, 4.69) is 0 Å².